The normalized spacial score (nSPS) is 13.9. The number of carbonyl (C=O) groups excluding carboxylic acids is 3. The Kier molecular flexibility index (Phi) is 6.98. The molecule has 0 aliphatic carbocycles. The second-order valence-electron chi connectivity index (χ2n) is 9.09. The first-order chi connectivity index (χ1) is 17.9. The lowest BCUT2D eigenvalue weighted by atomic mass is 10.1. The van der Waals surface area contributed by atoms with Gasteiger partial charge in [0.2, 0.25) is 5.91 Å². The Morgan fingerprint density at radius 1 is 0.811 bits per heavy atom. The zero-order chi connectivity index (χ0) is 25.9. The first kappa shape index (κ1) is 24.6. The molecule has 9 heteroatoms. The number of benzene rings is 3. The zero-order valence-electron chi connectivity index (χ0n) is 20.7. The summed E-state index contributed by atoms with van der Waals surface area (Å²) in [7, 11) is 2.07. The minimum Gasteiger partial charge on any atom is -0.336 e. The summed E-state index contributed by atoms with van der Waals surface area (Å²) in [6, 6.07) is 20.0. The fourth-order valence-electron chi connectivity index (χ4n) is 4.18. The summed E-state index contributed by atoms with van der Waals surface area (Å²) in [5.41, 5.74) is 4.26. The largest absolute Gasteiger partial charge is 0.336 e. The average Bonchev–Trinajstić information content (AvgIpc) is 3.33. The molecule has 37 heavy (non-hydrogen) atoms. The number of amides is 3. The molecule has 4 aromatic rings. The minimum absolute atomic E-state index is 0.0596. The van der Waals surface area contributed by atoms with Crippen molar-refractivity contribution in [1.82, 2.24) is 14.8 Å². The highest BCUT2D eigenvalue weighted by atomic mass is 32.1. The van der Waals surface area contributed by atoms with Crippen LogP contribution in [0.5, 0.6) is 0 Å². The Morgan fingerprint density at radius 3 is 2.08 bits per heavy atom. The highest BCUT2D eigenvalue weighted by Gasteiger charge is 2.20. The number of carbonyl (C=O) groups is 3. The molecular weight excluding hydrogens is 486 g/mol. The van der Waals surface area contributed by atoms with Gasteiger partial charge in [0.05, 0.1) is 10.2 Å². The van der Waals surface area contributed by atoms with Crippen molar-refractivity contribution < 1.29 is 14.4 Å². The summed E-state index contributed by atoms with van der Waals surface area (Å²) in [5, 5.41) is 6.42. The van der Waals surface area contributed by atoms with Crippen LogP contribution in [0.1, 0.15) is 27.6 Å². The van der Waals surface area contributed by atoms with Crippen molar-refractivity contribution in [2.75, 3.05) is 43.9 Å². The fourth-order valence-corrected chi connectivity index (χ4v) is 5.19. The summed E-state index contributed by atoms with van der Waals surface area (Å²) >= 11 is 1.51. The van der Waals surface area contributed by atoms with Gasteiger partial charge in [-0.1, -0.05) is 12.1 Å². The van der Waals surface area contributed by atoms with Gasteiger partial charge in [0.1, 0.15) is 5.01 Å². The monoisotopic (exact) mass is 513 g/mol. The van der Waals surface area contributed by atoms with Crippen LogP contribution in [0.15, 0.2) is 66.7 Å². The fraction of sp³-hybridized carbons (Fsp3) is 0.214. The molecule has 188 valence electrons. The number of fused-ring (bicyclic) bond motifs is 1. The molecule has 0 bridgehead atoms. The Labute approximate surface area is 218 Å². The summed E-state index contributed by atoms with van der Waals surface area (Å²) in [4.78, 5) is 45.7. The highest BCUT2D eigenvalue weighted by molar-refractivity contribution is 7.21. The van der Waals surface area contributed by atoms with Gasteiger partial charge in [0.15, 0.2) is 0 Å². The lowest BCUT2D eigenvalue weighted by Gasteiger charge is -2.32. The first-order valence-corrected chi connectivity index (χ1v) is 12.9. The molecule has 1 aliphatic rings. The van der Waals surface area contributed by atoms with E-state index in [1.807, 2.05) is 41.3 Å². The molecule has 3 amide bonds. The molecule has 2 N–H and O–H groups in total. The number of aromatic nitrogens is 1. The summed E-state index contributed by atoms with van der Waals surface area (Å²) in [5.74, 6) is -0.315. The second-order valence-corrected chi connectivity index (χ2v) is 10.1. The van der Waals surface area contributed by atoms with E-state index >= 15 is 0 Å². The van der Waals surface area contributed by atoms with E-state index < -0.39 is 0 Å². The SMILES string of the molecule is CC(=O)Nc1ccc(NC(=O)c2ccc3nc(-c4ccc(C(=O)N5CCN(C)CC5)cc4)sc3c2)cc1. The third-order valence-corrected chi connectivity index (χ3v) is 7.35. The van der Waals surface area contributed by atoms with Crippen molar-refractivity contribution in [2.24, 2.45) is 0 Å². The van der Waals surface area contributed by atoms with Gasteiger partial charge in [-0.05, 0) is 61.6 Å². The standard InChI is InChI=1S/C28H27N5O3S/c1-18(34)29-22-8-10-23(11-9-22)30-26(35)21-7-12-24-25(17-21)37-27(31-24)19-3-5-20(6-4-19)28(36)33-15-13-32(2)14-16-33/h3-12,17H,13-16H2,1-2H3,(H,29,34)(H,30,35). The van der Waals surface area contributed by atoms with Crippen molar-refractivity contribution in [2.45, 2.75) is 6.92 Å². The number of thiazole rings is 1. The molecule has 0 spiro atoms. The first-order valence-electron chi connectivity index (χ1n) is 12.0. The highest BCUT2D eigenvalue weighted by Crippen LogP contribution is 2.31. The van der Waals surface area contributed by atoms with Gasteiger partial charge in [-0.25, -0.2) is 4.98 Å². The molecular formula is C28H27N5O3S. The number of likely N-dealkylation sites (N-methyl/N-ethyl adjacent to an activating group) is 1. The lowest BCUT2D eigenvalue weighted by molar-refractivity contribution is -0.114. The maximum absolute atomic E-state index is 12.8. The van der Waals surface area contributed by atoms with Gasteiger partial charge in [-0.3, -0.25) is 14.4 Å². The van der Waals surface area contributed by atoms with E-state index in [-0.39, 0.29) is 17.7 Å². The van der Waals surface area contributed by atoms with E-state index in [4.69, 9.17) is 4.98 Å². The van der Waals surface area contributed by atoms with Crippen molar-refractivity contribution in [3.05, 3.63) is 77.9 Å². The van der Waals surface area contributed by atoms with E-state index in [0.29, 0.717) is 22.5 Å². The van der Waals surface area contributed by atoms with Crippen molar-refractivity contribution in [3.63, 3.8) is 0 Å². The molecule has 5 rings (SSSR count). The van der Waals surface area contributed by atoms with Gasteiger partial charge < -0.3 is 20.4 Å². The van der Waals surface area contributed by atoms with E-state index in [2.05, 4.69) is 22.6 Å². The molecule has 1 aromatic heterocycles. The Morgan fingerprint density at radius 2 is 1.43 bits per heavy atom. The van der Waals surface area contributed by atoms with E-state index in [1.54, 1.807) is 30.3 Å². The quantitative estimate of drug-likeness (QED) is 0.408. The molecule has 3 aromatic carbocycles. The number of nitrogens with one attached hydrogen (secondary N) is 2. The number of piperazine rings is 1. The number of hydrogen-bond donors (Lipinski definition) is 2. The molecule has 0 saturated carbocycles. The Hall–Kier alpha value is -4.08. The predicted octanol–water partition coefficient (Wildman–Crippen LogP) is 4.56. The van der Waals surface area contributed by atoms with Gasteiger partial charge in [-0.15, -0.1) is 11.3 Å². The summed E-state index contributed by atoms with van der Waals surface area (Å²) in [6.45, 7) is 4.71. The van der Waals surface area contributed by atoms with E-state index in [9.17, 15) is 14.4 Å². The van der Waals surface area contributed by atoms with Crippen molar-refractivity contribution >= 4 is 50.6 Å². The molecule has 1 saturated heterocycles. The van der Waals surface area contributed by atoms with Gasteiger partial charge >= 0.3 is 0 Å². The minimum atomic E-state index is -0.226. The van der Waals surface area contributed by atoms with Gasteiger partial charge in [0.25, 0.3) is 11.8 Å². The van der Waals surface area contributed by atoms with Crippen LogP contribution in [0.3, 0.4) is 0 Å². The van der Waals surface area contributed by atoms with Crippen LogP contribution in [-0.4, -0.2) is 65.7 Å². The van der Waals surface area contributed by atoms with Gasteiger partial charge in [0, 0.05) is 61.2 Å². The molecule has 0 unspecified atom stereocenters. The maximum Gasteiger partial charge on any atom is 0.255 e. The zero-order valence-corrected chi connectivity index (χ0v) is 21.5. The smallest absolute Gasteiger partial charge is 0.255 e. The number of hydrogen-bond acceptors (Lipinski definition) is 6. The molecule has 2 heterocycles. The Bertz CT molecular complexity index is 1460. The van der Waals surface area contributed by atoms with Crippen LogP contribution in [0, 0.1) is 0 Å². The van der Waals surface area contributed by atoms with Crippen LogP contribution in [-0.2, 0) is 4.79 Å². The van der Waals surface area contributed by atoms with Crippen LogP contribution in [0.25, 0.3) is 20.8 Å². The molecule has 1 fully saturated rings. The third-order valence-electron chi connectivity index (χ3n) is 6.28. The summed E-state index contributed by atoms with van der Waals surface area (Å²) < 4.78 is 0.904. The molecule has 0 radical (unpaired) electrons. The van der Waals surface area contributed by atoms with Crippen molar-refractivity contribution in [1.29, 1.82) is 0 Å². The van der Waals surface area contributed by atoms with Crippen LogP contribution in [0.4, 0.5) is 11.4 Å². The topological polar surface area (TPSA) is 94.6 Å². The summed E-state index contributed by atoms with van der Waals surface area (Å²) in [6.07, 6.45) is 0. The number of anilines is 2. The van der Waals surface area contributed by atoms with Crippen LogP contribution >= 0.6 is 11.3 Å². The van der Waals surface area contributed by atoms with Gasteiger partial charge in [-0.2, -0.15) is 0 Å². The average molecular weight is 514 g/mol. The van der Waals surface area contributed by atoms with E-state index in [1.165, 1.54) is 18.3 Å². The maximum atomic E-state index is 12.8. The predicted molar refractivity (Wildman–Crippen MR) is 147 cm³/mol. The third kappa shape index (κ3) is 5.68. The number of nitrogens with zero attached hydrogens (tertiary/aromatic N) is 3. The molecule has 0 atom stereocenters. The lowest BCUT2D eigenvalue weighted by Crippen LogP contribution is -2.47. The Balaban J connectivity index is 1.28. The molecule has 1 aliphatic heterocycles. The van der Waals surface area contributed by atoms with E-state index in [0.717, 1.165) is 47.0 Å². The van der Waals surface area contributed by atoms with Crippen LogP contribution in [0.2, 0.25) is 0 Å². The molecule has 8 nitrogen and oxygen atoms in total. The second kappa shape index (κ2) is 10.5. The van der Waals surface area contributed by atoms with Crippen molar-refractivity contribution in [3.8, 4) is 10.6 Å². The van der Waals surface area contributed by atoms with Crippen LogP contribution < -0.4 is 10.6 Å². The number of rotatable bonds is 5.